The van der Waals surface area contributed by atoms with E-state index in [2.05, 4.69) is 32.6 Å². The third kappa shape index (κ3) is 54.0. The largest absolute Gasteiger partial charge is 0.465 e. The molecule has 0 aromatic rings. The predicted molar refractivity (Wildman–Crippen MR) is 260 cm³/mol. The van der Waals surface area contributed by atoms with Gasteiger partial charge in [-0.05, 0) is 109 Å². The van der Waals surface area contributed by atoms with Crippen LogP contribution < -0.4 is 0 Å². The molecule has 0 aliphatic heterocycles. The second-order valence-corrected chi connectivity index (χ2v) is 18.4. The van der Waals surface area contributed by atoms with Crippen molar-refractivity contribution >= 4 is 29.5 Å². The maximum atomic E-state index is 12.8. The summed E-state index contributed by atoms with van der Waals surface area (Å²) in [5.74, 6) is 1.09. The lowest BCUT2D eigenvalue weighted by Gasteiger charge is -2.22. The van der Waals surface area contributed by atoms with E-state index in [4.69, 9.17) is 19.7 Å². The van der Waals surface area contributed by atoms with E-state index < -0.39 is 6.29 Å². The molecule has 0 fully saturated rings. The van der Waals surface area contributed by atoms with Gasteiger partial charge in [0.25, 0.3) is 0 Å². The molecule has 0 heterocycles. The van der Waals surface area contributed by atoms with Gasteiger partial charge in [0.05, 0.1) is 6.61 Å². The standard InChI is InChI=1S/C31H63NO4S.C16H34O2.C2H6S/c1-3-5-7-8-9-14-22-30(37-29-21-6-4-2)31(35)36-28-20-13-11-16-24-32(25-17-19-27-34)23-15-10-12-18-26-33;1-3-5-7-9-11-13-15-18-16(17)14-12-10-8-6-4-2;1-3-2/h30,33-34H,3-29H2,1-2H3;16-17H,3-15H2,1-2H3;1-2H3. The molecular weight excluding hydrogens is 763 g/mol. The number of aliphatic hydroxyl groups excluding tert-OH is 3. The van der Waals surface area contributed by atoms with Crippen molar-refractivity contribution < 1.29 is 29.6 Å². The molecule has 2 atom stereocenters. The highest BCUT2D eigenvalue weighted by Crippen LogP contribution is 2.22. The number of aliphatic hydroxyl groups is 3. The molecule has 352 valence electrons. The smallest absolute Gasteiger partial charge is 0.319 e. The van der Waals surface area contributed by atoms with Crippen LogP contribution in [0.2, 0.25) is 0 Å². The van der Waals surface area contributed by atoms with Gasteiger partial charge in [-0.2, -0.15) is 11.8 Å². The number of ether oxygens (including phenoxy) is 2. The molecule has 0 rings (SSSR count). The van der Waals surface area contributed by atoms with Crippen LogP contribution in [-0.2, 0) is 14.3 Å². The molecule has 0 aliphatic carbocycles. The molecule has 0 aromatic carbocycles. The fourth-order valence-electron chi connectivity index (χ4n) is 6.70. The Hall–Kier alpha value is -0.0300. The van der Waals surface area contributed by atoms with Crippen molar-refractivity contribution in [1.29, 1.82) is 0 Å². The lowest BCUT2D eigenvalue weighted by atomic mass is 10.1. The molecular formula is C49H103NO6S2. The van der Waals surface area contributed by atoms with Gasteiger partial charge in [-0.15, -0.1) is 11.8 Å². The van der Waals surface area contributed by atoms with Crippen molar-refractivity contribution in [2.24, 2.45) is 0 Å². The predicted octanol–water partition coefficient (Wildman–Crippen LogP) is 13.8. The van der Waals surface area contributed by atoms with E-state index >= 15 is 0 Å². The Morgan fingerprint density at radius 2 is 0.879 bits per heavy atom. The Bertz CT molecular complexity index is 737. The first-order valence-corrected chi connectivity index (χ1v) is 27.5. The van der Waals surface area contributed by atoms with Gasteiger partial charge in [0, 0.05) is 19.8 Å². The summed E-state index contributed by atoms with van der Waals surface area (Å²) < 4.78 is 11.1. The zero-order chi connectivity index (χ0) is 43.4. The number of rotatable bonds is 44. The molecule has 58 heavy (non-hydrogen) atoms. The molecule has 3 N–H and O–H groups in total. The fourth-order valence-corrected chi connectivity index (χ4v) is 7.90. The van der Waals surface area contributed by atoms with Crippen molar-refractivity contribution in [2.45, 2.75) is 245 Å². The number of hydrogen-bond acceptors (Lipinski definition) is 9. The highest BCUT2D eigenvalue weighted by molar-refractivity contribution is 8.00. The van der Waals surface area contributed by atoms with E-state index in [0.29, 0.717) is 13.2 Å². The van der Waals surface area contributed by atoms with Crippen LogP contribution in [0.1, 0.15) is 233 Å². The highest BCUT2D eigenvalue weighted by atomic mass is 32.2. The number of esters is 1. The van der Waals surface area contributed by atoms with Crippen molar-refractivity contribution in [2.75, 3.05) is 64.3 Å². The summed E-state index contributed by atoms with van der Waals surface area (Å²) in [5.41, 5.74) is 0. The Kier molecular flexibility index (Phi) is 61.2. The van der Waals surface area contributed by atoms with Crippen LogP contribution >= 0.6 is 23.5 Å². The van der Waals surface area contributed by atoms with Gasteiger partial charge in [-0.3, -0.25) is 4.79 Å². The highest BCUT2D eigenvalue weighted by Gasteiger charge is 2.20. The first-order valence-electron chi connectivity index (χ1n) is 24.8. The van der Waals surface area contributed by atoms with Crippen molar-refractivity contribution in [1.82, 2.24) is 4.90 Å². The quantitative estimate of drug-likeness (QED) is 0.0314. The molecule has 0 bridgehead atoms. The van der Waals surface area contributed by atoms with Gasteiger partial charge >= 0.3 is 5.97 Å². The summed E-state index contributed by atoms with van der Waals surface area (Å²) in [4.78, 5) is 15.3. The number of hydrogen-bond donors (Lipinski definition) is 3. The molecule has 0 radical (unpaired) electrons. The number of thioether (sulfide) groups is 2. The van der Waals surface area contributed by atoms with Gasteiger partial charge in [-0.1, -0.05) is 163 Å². The van der Waals surface area contributed by atoms with E-state index in [0.717, 1.165) is 103 Å². The minimum atomic E-state index is -0.526. The van der Waals surface area contributed by atoms with E-state index in [1.54, 1.807) is 11.8 Å². The fraction of sp³-hybridized carbons (Fsp3) is 0.980. The summed E-state index contributed by atoms with van der Waals surface area (Å²) in [7, 11) is 0. The molecule has 9 heteroatoms. The Morgan fingerprint density at radius 1 is 0.500 bits per heavy atom. The molecule has 0 saturated heterocycles. The number of carbonyl (C=O) groups is 1. The molecule has 0 aromatic heterocycles. The SMILES string of the molecule is CCCCCCCCC(SCCCCC)C(=O)OCCCCCCN(CCCCO)CCCCCCO.CCCCCCCCOC(O)CCCCCCC.CSC. The minimum Gasteiger partial charge on any atom is -0.465 e. The van der Waals surface area contributed by atoms with Gasteiger partial charge in [-0.25, -0.2) is 0 Å². The van der Waals surface area contributed by atoms with E-state index in [1.807, 2.05) is 24.3 Å². The van der Waals surface area contributed by atoms with Crippen LogP contribution in [0.5, 0.6) is 0 Å². The third-order valence-corrected chi connectivity index (χ3v) is 11.7. The van der Waals surface area contributed by atoms with Crippen molar-refractivity contribution in [3.63, 3.8) is 0 Å². The van der Waals surface area contributed by atoms with Crippen LogP contribution in [-0.4, -0.2) is 102 Å². The second kappa shape index (κ2) is 57.0. The Morgan fingerprint density at radius 3 is 1.40 bits per heavy atom. The summed E-state index contributed by atoms with van der Waals surface area (Å²) in [6, 6.07) is 0. The number of carbonyl (C=O) groups excluding carboxylic acids is 1. The average Bonchev–Trinajstić information content (AvgIpc) is 3.22. The number of nitrogens with zero attached hydrogens (tertiary/aromatic N) is 1. The van der Waals surface area contributed by atoms with Crippen molar-refractivity contribution in [3.05, 3.63) is 0 Å². The van der Waals surface area contributed by atoms with Gasteiger partial charge in [0.15, 0.2) is 6.29 Å². The Balaban J connectivity index is -0.00000120. The Labute approximate surface area is 371 Å². The zero-order valence-electron chi connectivity index (χ0n) is 39.8. The van der Waals surface area contributed by atoms with E-state index in [9.17, 15) is 9.90 Å². The molecule has 0 aliphatic rings. The van der Waals surface area contributed by atoms with E-state index in [-0.39, 0.29) is 17.8 Å². The van der Waals surface area contributed by atoms with Crippen LogP contribution in [0.3, 0.4) is 0 Å². The maximum absolute atomic E-state index is 12.8. The van der Waals surface area contributed by atoms with Gasteiger partial charge < -0.3 is 29.7 Å². The van der Waals surface area contributed by atoms with Crippen LogP contribution in [0.4, 0.5) is 0 Å². The monoisotopic (exact) mass is 866 g/mol. The normalized spacial score (nSPS) is 12.2. The molecule has 7 nitrogen and oxygen atoms in total. The second-order valence-electron chi connectivity index (χ2n) is 16.3. The van der Waals surface area contributed by atoms with Crippen LogP contribution in [0.25, 0.3) is 0 Å². The third-order valence-electron chi connectivity index (χ3n) is 10.4. The summed E-state index contributed by atoms with van der Waals surface area (Å²) in [6.45, 7) is 14.1. The lowest BCUT2D eigenvalue weighted by Crippen LogP contribution is -2.27. The summed E-state index contributed by atoms with van der Waals surface area (Å²) >= 11 is 3.57. The maximum Gasteiger partial charge on any atom is 0.319 e. The molecule has 0 saturated carbocycles. The topological polar surface area (TPSA) is 99.5 Å². The number of unbranched alkanes of at least 4 members (excludes halogenated alkanes) is 23. The van der Waals surface area contributed by atoms with E-state index in [1.165, 1.54) is 135 Å². The van der Waals surface area contributed by atoms with Gasteiger partial charge in [0.1, 0.15) is 5.25 Å². The molecule has 2 unspecified atom stereocenters. The van der Waals surface area contributed by atoms with Gasteiger partial charge in [0.2, 0.25) is 0 Å². The van der Waals surface area contributed by atoms with Crippen molar-refractivity contribution in [3.8, 4) is 0 Å². The zero-order valence-corrected chi connectivity index (χ0v) is 41.4. The molecule has 0 amide bonds. The summed E-state index contributed by atoms with van der Waals surface area (Å²) in [5, 5.41) is 27.7. The first kappa shape index (κ1) is 62.3. The van der Waals surface area contributed by atoms with Crippen LogP contribution in [0, 0.1) is 0 Å². The molecule has 0 spiro atoms. The average molecular weight is 866 g/mol. The first-order chi connectivity index (χ1) is 28.4. The lowest BCUT2D eigenvalue weighted by molar-refractivity contribution is -0.143. The minimum absolute atomic E-state index is 0.0197. The summed E-state index contributed by atoms with van der Waals surface area (Å²) in [6.07, 6.45) is 41.1. The van der Waals surface area contributed by atoms with Crippen LogP contribution in [0.15, 0.2) is 0 Å².